The van der Waals surface area contributed by atoms with Crippen molar-refractivity contribution in [3.05, 3.63) is 64.8 Å². The zero-order valence-corrected chi connectivity index (χ0v) is 22.1. The minimum absolute atomic E-state index is 0.0562. The van der Waals surface area contributed by atoms with Crippen LogP contribution >= 0.6 is 11.6 Å². The van der Waals surface area contributed by atoms with E-state index >= 15 is 0 Å². The number of hydrogen-bond acceptors (Lipinski definition) is 4. The van der Waals surface area contributed by atoms with Crippen molar-refractivity contribution < 1.29 is 14.3 Å². The minimum atomic E-state index is -0.678. The first-order chi connectivity index (χ1) is 18.5. The molecule has 6 rings (SSSR count). The van der Waals surface area contributed by atoms with E-state index in [-0.39, 0.29) is 11.8 Å². The molecule has 8 heteroatoms. The second-order valence-electron chi connectivity index (χ2n) is 10.8. The van der Waals surface area contributed by atoms with E-state index in [9.17, 15) is 9.59 Å². The number of para-hydroxylation sites is 1. The van der Waals surface area contributed by atoms with Crippen LogP contribution in [0.2, 0.25) is 5.02 Å². The predicted octanol–water partition coefficient (Wildman–Crippen LogP) is 5.04. The third kappa shape index (κ3) is 4.26. The number of anilines is 1. The van der Waals surface area contributed by atoms with Crippen LogP contribution in [0.1, 0.15) is 43.4 Å². The highest BCUT2D eigenvalue weighted by Crippen LogP contribution is 2.48. The van der Waals surface area contributed by atoms with Gasteiger partial charge in [0.25, 0.3) is 0 Å². The number of fused-ring (bicyclic) bond motifs is 3. The Morgan fingerprint density at radius 3 is 2.71 bits per heavy atom. The van der Waals surface area contributed by atoms with E-state index in [1.807, 2.05) is 52.3 Å². The lowest BCUT2D eigenvalue weighted by atomic mass is 9.74. The maximum Gasteiger partial charge on any atom is 0.241 e. The van der Waals surface area contributed by atoms with Gasteiger partial charge in [-0.1, -0.05) is 29.8 Å². The Kier molecular flexibility index (Phi) is 6.63. The number of amides is 2. The monoisotopic (exact) mass is 530 g/mol. The van der Waals surface area contributed by atoms with Gasteiger partial charge in [-0.05, 0) is 61.1 Å². The molecular formula is C30H31ClN4O3. The Morgan fingerprint density at radius 1 is 1.13 bits per heavy atom. The van der Waals surface area contributed by atoms with E-state index in [0.717, 1.165) is 60.3 Å². The molecule has 3 aliphatic rings. The van der Waals surface area contributed by atoms with Gasteiger partial charge in [-0.2, -0.15) is 5.26 Å². The molecule has 0 saturated carbocycles. The second kappa shape index (κ2) is 10.1. The van der Waals surface area contributed by atoms with Crippen LogP contribution in [-0.2, 0) is 32.8 Å². The molecule has 2 saturated heterocycles. The van der Waals surface area contributed by atoms with Crippen LogP contribution in [-0.4, -0.2) is 47.6 Å². The molecule has 3 aromatic rings. The number of carbonyl (C=O) groups is 2. The Morgan fingerprint density at radius 2 is 1.92 bits per heavy atom. The summed E-state index contributed by atoms with van der Waals surface area (Å²) in [5, 5.41) is 10.8. The second-order valence-corrected chi connectivity index (χ2v) is 11.2. The highest BCUT2D eigenvalue weighted by Gasteiger charge is 2.59. The van der Waals surface area contributed by atoms with Gasteiger partial charge < -0.3 is 19.1 Å². The van der Waals surface area contributed by atoms with Gasteiger partial charge in [-0.25, -0.2) is 0 Å². The summed E-state index contributed by atoms with van der Waals surface area (Å²) in [5.74, 6) is 0.564. The first kappa shape index (κ1) is 25.0. The summed E-state index contributed by atoms with van der Waals surface area (Å²) in [6.07, 6.45) is 3.58. The topological polar surface area (TPSA) is 78.6 Å². The number of nitrogens with zero attached hydrogens (tertiary/aromatic N) is 4. The normalized spacial score (nSPS) is 18.6. The van der Waals surface area contributed by atoms with E-state index in [2.05, 4.69) is 16.7 Å². The van der Waals surface area contributed by atoms with Gasteiger partial charge in [0.15, 0.2) is 0 Å². The summed E-state index contributed by atoms with van der Waals surface area (Å²) >= 11 is 6.28. The fourth-order valence-electron chi connectivity index (χ4n) is 6.34. The van der Waals surface area contributed by atoms with Gasteiger partial charge in [0.2, 0.25) is 11.8 Å². The van der Waals surface area contributed by atoms with Gasteiger partial charge in [-0.15, -0.1) is 0 Å². The summed E-state index contributed by atoms with van der Waals surface area (Å²) < 4.78 is 7.64. The fraction of sp³-hybridized carbons (Fsp3) is 0.433. The Hall–Kier alpha value is -3.34. The molecule has 2 aromatic carbocycles. The van der Waals surface area contributed by atoms with Crippen LogP contribution in [0.25, 0.3) is 10.9 Å². The van der Waals surface area contributed by atoms with E-state index in [1.165, 1.54) is 0 Å². The largest absolute Gasteiger partial charge is 0.381 e. The van der Waals surface area contributed by atoms with E-state index in [1.54, 1.807) is 0 Å². The number of rotatable bonds is 7. The molecule has 38 heavy (non-hydrogen) atoms. The number of halogens is 1. The highest BCUT2D eigenvalue weighted by molar-refractivity contribution is 6.31. The van der Waals surface area contributed by atoms with E-state index in [0.29, 0.717) is 50.0 Å². The van der Waals surface area contributed by atoms with Crippen molar-refractivity contribution in [2.45, 2.75) is 50.6 Å². The highest BCUT2D eigenvalue weighted by atomic mass is 35.5. The minimum Gasteiger partial charge on any atom is -0.381 e. The molecule has 0 unspecified atom stereocenters. The Bertz CT molecular complexity index is 1430. The van der Waals surface area contributed by atoms with Gasteiger partial charge in [0, 0.05) is 73.0 Å². The van der Waals surface area contributed by atoms with Gasteiger partial charge in [0.05, 0.1) is 12.6 Å². The smallest absolute Gasteiger partial charge is 0.241 e. The number of ether oxygens (including phenoxy) is 1. The van der Waals surface area contributed by atoms with Crippen LogP contribution in [0.15, 0.2) is 48.5 Å². The van der Waals surface area contributed by atoms with Crippen LogP contribution < -0.4 is 4.90 Å². The molecule has 0 bridgehead atoms. The third-order valence-electron chi connectivity index (χ3n) is 8.38. The number of likely N-dealkylation sites (tertiary alicyclic amines) is 1. The molecule has 0 N–H and O–H groups in total. The van der Waals surface area contributed by atoms with Gasteiger partial charge in [-0.3, -0.25) is 9.59 Å². The lowest BCUT2D eigenvalue weighted by Crippen LogP contribution is -2.65. The zero-order valence-electron chi connectivity index (χ0n) is 21.4. The Labute approximate surface area is 227 Å². The Balaban J connectivity index is 1.26. The maximum atomic E-state index is 14.1. The summed E-state index contributed by atoms with van der Waals surface area (Å²) in [6.45, 7) is 3.43. The summed E-state index contributed by atoms with van der Waals surface area (Å²) in [5.41, 5.74) is 3.30. The molecule has 0 radical (unpaired) electrons. The molecule has 0 aliphatic carbocycles. The van der Waals surface area contributed by atoms with Crippen molar-refractivity contribution in [1.82, 2.24) is 9.47 Å². The fourth-order valence-corrected chi connectivity index (χ4v) is 6.52. The first-order valence-electron chi connectivity index (χ1n) is 13.4. The van der Waals surface area contributed by atoms with Crippen molar-refractivity contribution >= 4 is 40.0 Å². The number of unbranched alkanes of at least 4 members (excludes halogenated alkanes) is 1. The number of nitriles is 1. The molecule has 196 valence electrons. The van der Waals surface area contributed by atoms with E-state index in [4.69, 9.17) is 21.6 Å². The van der Waals surface area contributed by atoms with Gasteiger partial charge >= 0.3 is 0 Å². The molecular weight excluding hydrogens is 500 g/mol. The molecule has 0 atom stereocenters. The van der Waals surface area contributed by atoms with E-state index < -0.39 is 5.41 Å². The summed E-state index contributed by atoms with van der Waals surface area (Å²) in [6, 6.07) is 18.1. The number of aryl methyl sites for hydroxylation is 1. The zero-order chi connectivity index (χ0) is 26.3. The summed E-state index contributed by atoms with van der Waals surface area (Å²) in [7, 11) is 0. The number of aromatic nitrogens is 1. The average Bonchev–Trinajstić information content (AvgIpc) is 3.35. The number of hydrogen-bond donors (Lipinski definition) is 0. The van der Waals surface area contributed by atoms with Crippen LogP contribution in [0.4, 0.5) is 5.69 Å². The van der Waals surface area contributed by atoms with Crippen molar-refractivity contribution in [1.29, 1.82) is 5.26 Å². The lowest BCUT2D eigenvalue weighted by Gasteiger charge is -2.47. The van der Waals surface area contributed by atoms with Crippen molar-refractivity contribution in [3.63, 3.8) is 0 Å². The quantitative estimate of drug-likeness (QED) is 0.401. The molecule has 2 fully saturated rings. The van der Waals surface area contributed by atoms with Crippen molar-refractivity contribution in [3.8, 4) is 6.07 Å². The van der Waals surface area contributed by atoms with Gasteiger partial charge in [0.1, 0.15) is 5.41 Å². The standard InChI is InChI=1S/C30H31ClN4O3/c31-23-7-8-26-22(16-23)17-24(34(26)12-4-3-11-32)18-35-27-6-2-1-5-25(27)30(29(35)37)19-33(20-30)28(36)15-21-9-13-38-14-10-21/h1-2,5-8,16-17,21H,3-4,9-10,12-15,18-20H2. The maximum absolute atomic E-state index is 14.1. The average molecular weight is 531 g/mol. The SMILES string of the molecule is N#CCCCn1c(CN2C(=O)C3(CN(C(=O)CC4CCOCC4)C3)c3ccccc32)cc2cc(Cl)ccc21. The number of benzene rings is 2. The third-order valence-corrected chi connectivity index (χ3v) is 8.62. The molecule has 1 spiro atoms. The molecule has 7 nitrogen and oxygen atoms in total. The molecule has 2 amide bonds. The molecule has 4 heterocycles. The summed E-state index contributed by atoms with van der Waals surface area (Å²) in [4.78, 5) is 30.8. The lowest BCUT2D eigenvalue weighted by molar-refractivity contribution is -0.145. The van der Waals surface area contributed by atoms with Crippen molar-refractivity contribution in [2.75, 3.05) is 31.2 Å². The van der Waals surface area contributed by atoms with Crippen molar-refractivity contribution in [2.24, 2.45) is 5.92 Å². The first-order valence-corrected chi connectivity index (χ1v) is 13.8. The van der Waals surface area contributed by atoms with Crippen LogP contribution in [0, 0.1) is 17.2 Å². The molecule has 3 aliphatic heterocycles. The number of carbonyl (C=O) groups excluding carboxylic acids is 2. The molecule has 1 aromatic heterocycles. The van der Waals surface area contributed by atoms with Crippen LogP contribution in [0.5, 0.6) is 0 Å². The van der Waals surface area contributed by atoms with Crippen LogP contribution in [0.3, 0.4) is 0 Å². The predicted molar refractivity (Wildman–Crippen MR) is 146 cm³/mol.